The number of carbonyl (C=O) groups excluding carboxylic acids is 1. The predicted octanol–water partition coefficient (Wildman–Crippen LogP) is 2.82. The summed E-state index contributed by atoms with van der Waals surface area (Å²) >= 11 is 0. The molecule has 0 saturated heterocycles. The highest BCUT2D eigenvalue weighted by molar-refractivity contribution is 7.95. The van der Waals surface area contributed by atoms with E-state index in [2.05, 4.69) is 97.1 Å². The van der Waals surface area contributed by atoms with Crippen LogP contribution in [0.15, 0.2) is 115 Å². The van der Waals surface area contributed by atoms with Crippen LogP contribution < -0.4 is 39.9 Å². The minimum Gasteiger partial charge on any atom is -1.00 e. The molecule has 0 saturated carbocycles. The van der Waals surface area contributed by atoms with E-state index in [4.69, 9.17) is 0 Å². The number of unbranched alkanes of at least 4 members (excludes halogenated alkanes) is 1. The van der Waals surface area contributed by atoms with Gasteiger partial charge in [0.15, 0.2) is 0 Å². The highest BCUT2D eigenvalue weighted by Gasteiger charge is 2.44. The lowest BCUT2D eigenvalue weighted by Crippen LogP contribution is -3.00. The molecule has 0 spiro atoms. The minimum absolute atomic E-state index is 0. The molecule has 0 heterocycles. The smallest absolute Gasteiger partial charge is 0.150 e. The van der Waals surface area contributed by atoms with Crippen LogP contribution in [-0.2, 0) is 6.42 Å². The summed E-state index contributed by atoms with van der Waals surface area (Å²) in [5.74, 6) is 0. The average molecular weight is 550 g/mol. The molecule has 162 valence electrons. The van der Waals surface area contributed by atoms with Gasteiger partial charge in [0.1, 0.15) is 29.5 Å². The second kappa shape index (κ2) is 12.1. The molecule has 4 rings (SSSR count). The Hall–Kier alpha value is -2.29. The van der Waals surface area contributed by atoms with E-state index < -0.39 is 7.26 Å². The minimum atomic E-state index is -1.75. The molecular formula is C29H28IOP. The third-order valence-electron chi connectivity index (χ3n) is 5.89. The Balaban J connectivity index is 0.00000289. The quantitative estimate of drug-likeness (QED) is 0.136. The van der Waals surface area contributed by atoms with E-state index in [0.29, 0.717) is 0 Å². The number of hydrogen-bond acceptors (Lipinski definition) is 1. The van der Waals surface area contributed by atoms with Crippen molar-refractivity contribution in [2.24, 2.45) is 0 Å². The maximum Gasteiger partial charge on any atom is 0.150 e. The monoisotopic (exact) mass is 550 g/mol. The molecule has 1 nitrogen and oxygen atoms in total. The highest BCUT2D eigenvalue weighted by Crippen LogP contribution is 2.55. The van der Waals surface area contributed by atoms with E-state index in [1.807, 2.05) is 18.2 Å². The molecule has 3 heteroatoms. The van der Waals surface area contributed by atoms with Crippen molar-refractivity contribution in [2.75, 3.05) is 6.16 Å². The summed E-state index contributed by atoms with van der Waals surface area (Å²) < 4.78 is 0. The van der Waals surface area contributed by atoms with Crippen molar-refractivity contribution in [3.8, 4) is 0 Å². The first-order valence-electron chi connectivity index (χ1n) is 10.9. The van der Waals surface area contributed by atoms with Crippen LogP contribution in [0, 0.1) is 0 Å². The van der Waals surface area contributed by atoms with Crippen LogP contribution >= 0.6 is 7.26 Å². The molecule has 32 heavy (non-hydrogen) atoms. The summed E-state index contributed by atoms with van der Waals surface area (Å²) in [4.78, 5) is 11.1. The number of aryl methyl sites for hydroxylation is 1. The number of benzene rings is 4. The fraction of sp³-hybridized carbons (Fsp3) is 0.138. The van der Waals surface area contributed by atoms with Crippen LogP contribution in [0.25, 0.3) is 0 Å². The van der Waals surface area contributed by atoms with Crippen LogP contribution in [0.2, 0.25) is 0 Å². The predicted molar refractivity (Wildman–Crippen MR) is 135 cm³/mol. The maximum absolute atomic E-state index is 11.1. The lowest BCUT2D eigenvalue weighted by Gasteiger charge is -2.27. The van der Waals surface area contributed by atoms with E-state index in [1.165, 1.54) is 21.5 Å². The lowest BCUT2D eigenvalue weighted by molar-refractivity contribution is -0.0000124. The molecular weight excluding hydrogens is 522 g/mol. The molecule has 0 fully saturated rings. The fourth-order valence-electron chi connectivity index (χ4n) is 4.38. The van der Waals surface area contributed by atoms with Gasteiger partial charge >= 0.3 is 0 Å². The van der Waals surface area contributed by atoms with Gasteiger partial charge in [-0.1, -0.05) is 72.8 Å². The normalized spacial score (nSPS) is 10.9. The van der Waals surface area contributed by atoms with Gasteiger partial charge in [0.25, 0.3) is 0 Å². The van der Waals surface area contributed by atoms with E-state index in [-0.39, 0.29) is 24.0 Å². The number of aldehydes is 1. The Morgan fingerprint density at radius 1 is 0.594 bits per heavy atom. The van der Waals surface area contributed by atoms with E-state index in [1.54, 1.807) is 0 Å². The molecule has 4 aromatic rings. The molecule has 4 aromatic carbocycles. The Morgan fingerprint density at radius 3 is 1.56 bits per heavy atom. The zero-order valence-corrected chi connectivity index (χ0v) is 21.2. The Morgan fingerprint density at radius 2 is 1.09 bits per heavy atom. The molecule has 0 unspecified atom stereocenters. The van der Waals surface area contributed by atoms with Crippen molar-refractivity contribution in [2.45, 2.75) is 19.3 Å². The fourth-order valence-corrected chi connectivity index (χ4v) is 8.79. The first-order chi connectivity index (χ1) is 15.3. The van der Waals surface area contributed by atoms with Crippen LogP contribution in [0.3, 0.4) is 0 Å². The van der Waals surface area contributed by atoms with Crippen LogP contribution in [0.5, 0.6) is 0 Å². The van der Waals surface area contributed by atoms with Gasteiger partial charge in [-0.25, -0.2) is 0 Å². The van der Waals surface area contributed by atoms with Gasteiger partial charge < -0.3 is 24.0 Å². The van der Waals surface area contributed by atoms with E-state index in [0.717, 1.165) is 37.3 Å². The summed E-state index contributed by atoms with van der Waals surface area (Å²) in [6.07, 6.45) is 5.31. The van der Waals surface area contributed by atoms with Crippen molar-refractivity contribution in [3.05, 3.63) is 126 Å². The Bertz CT molecular complexity index is 1000. The Labute approximate surface area is 209 Å². The van der Waals surface area contributed by atoms with Crippen molar-refractivity contribution in [1.29, 1.82) is 0 Å². The number of rotatable bonds is 9. The molecule has 0 atom stereocenters. The third-order valence-corrected chi connectivity index (χ3v) is 10.4. The van der Waals surface area contributed by atoms with Crippen LogP contribution in [0.1, 0.15) is 28.8 Å². The first kappa shape index (κ1) is 24.4. The van der Waals surface area contributed by atoms with Crippen LogP contribution in [0.4, 0.5) is 0 Å². The number of halogens is 1. The lowest BCUT2D eigenvalue weighted by atomic mass is 10.1. The summed E-state index contributed by atoms with van der Waals surface area (Å²) in [5.41, 5.74) is 2.00. The van der Waals surface area contributed by atoms with E-state index in [9.17, 15) is 4.79 Å². The van der Waals surface area contributed by atoms with Crippen molar-refractivity contribution in [1.82, 2.24) is 0 Å². The largest absolute Gasteiger partial charge is 1.00 e. The van der Waals surface area contributed by atoms with Crippen molar-refractivity contribution < 1.29 is 28.8 Å². The summed E-state index contributed by atoms with van der Waals surface area (Å²) in [7, 11) is -1.75. The zero-order valence-electron chi connectivity index (χ0n) is 18.1. The zero-order chi connectivity index (χ0) is 21.4. The van der Waals surface area contributed by atoms with Crippen LogP contribution in [-0.4, -0.2) is 12.4 Å². The summed E-state index contributed by atoms with van der Waals surface area (Å²) in [6.45, 7) is 0. The van der Waals surface area contributed by atoms with Gasteiger partial charge in [0.2, 0.25) is 0 Å². The van der Waals surface area contributed by atoms with Gasteiger partial charge in [-0.15, -0.1) is 0 Å². The standard InChI is InChI=1S/C29H28OP.HI/c30-24-26-15-12-14-25(23-26)13-10-11-22-31(27-16-4-1-5-17-27,28-18-6-2-7-19-28)29-20-8-3-9-21-29;/h1-9,12,14-21,23-24H,10-11,13,22H2;1H/q+1;/p-1. The van der Waals surface area contributed by atoms with Gasteiger partial charge in [-0.3, -0.25) is 4.79 Å². The van der Waals surface area contributed by atoms with Crippen molar-refractivity contribution in [3.63, 3.8) is 0 Å². The third kappa shape index (κ3) is 5.54. The molecule has 0 bridgehead atoms. The number of carbonyl (C=O) groups is 1. The topological polar surface area (TPSA) is 17.1 Å². The maximum atomic E-state index is 11.1. The second-order valence-corrected chi connectivity index (χ2v) is 11.5. The van der Waals surface area contributed by atoms with Gasteiger partial charge in [-0.2, -0.15) is 0 Å². The number of hydrogen-bond donors (Lipinski definition) is 0. The molecule has 0 aliphatic rings. The SMILES string of the molecule is O=Cc1cccc(CCCC[P+](c2ccccc2)(c2ccccc2)c2ccccc2)c1.[I-]. The molecule has 0 aliphatic carbocycles. The highest BCUT2D eigenvalue weighted by atomic mass is 127. The molecule has 0 aromatic heterocycles. The van der Waals surface area contributed by atoms with Gasteiger partial charge in [0, 0.05) is 5.56 Å². The Kier molecular flexibility index (Phi) is 9.20. The average Bonchev–Trinajstić information content (AvgIpc) is 2.86. The molecule has 0 aliphatic heterocycles. The van der Waals surface area contributed by atoms with Gasteiger partial charge in [-0.05, 0) is 67.3 Å². The molecule has 0 N–H and O–H groups in total. The van der Waals surface area contributed by atoms with Crippen molar-refractivity contribution >= 4 is 29.5 Å². The van der Waals surface area contributed by atoms with E-state index >= 15 is 0 Å². The second-order valence-electron chi connectivity index (χ2n) is 7.86. The van der Waals surface area contributed by atoms with Gasteiger partial charge in [0.05, 0.1) is 6.16 Å². The molecule has 0 amide bonds. The molecule has 0 radical (unpaired) electrons. The summed E-state index contributed by atoms with van der Waals surface area (Å²) in [6, 6.07) is 41.2. The first-order valence-corrected chi connectivity index (χ1v) is 12.9. The summed E-state index contributed by atoms with van der Waals surface area (Å²) in [5, 5.41) is 4.32.